The Kier molecular flexibility index (Phi) is 6.36. The van der Waals surface area contributed by atoms with Crippen molar-refractivity contribution in [2.45, 2.75) is 12.7 Å². The van der Waals surface area contributed by atoms with Gasteiger partial charge in [-0.15, -0.1) is 0 Å². The number of rotatable bonds is 6. The summed E-state index contributed by atoms with van der Waals surface area (Å²) in [6.07, 6.45) is -0.299. The van der Waals surface area contributed by atoms with Gasteiger partial charge < -0.3 is 15.1 Å². The van der Waals surface area contributed by atoms with E-state index in [2.05, 4.69) is 10.6 Å². The summed E-state index contributed by atoms with van der Waals surface area (Å²) in [6.45, 7) is 0.253. The minimum atomic E-state index is -4.39. The summed E-state index contributed by atoms with van der Waals surface area (Å²) in [5.41, 5.74) is 1.12. The molecule has 8 heteroatoms. The maximum absolute atomic E-state index is 12.5. The lowest BCUT2D eigenvalue weighted by atomic mass is 10.1. The van der Waals surface area contributed by atoms with Crippen LogP contribution in [-0.2, 0) is 17.5 Å². The molecule has 5 nitrogen and oxygen atoms in total. The molecule has 3 aromatic rings. The first-order valence-electron chi connectivity index (χ1n) is 8.88. The molecule has 154 valence electrons. The SMILES string of the molecule is O=C(/C=C/c1ccc(C(F)(F)F)cc1)NCc1ccc(NC(=O)c2ccco2)cc1. The summed E-state index contributed by atoms with van der Waals surface area (Å²) in [5.74, 6) is -0.550. The molecule has 0 radical (unpaired) electrons. The predicted molar refractivity (Wildman–Crippen MR) is 105 cm³/mol. The molecular weight excluding hydrogens is 397 g/mol. The van der Waals surface area contributed by atoms with Gasteiger partial charge in [0.1, 0.15) is 0 Å². The number of benzene rings is 2. The van der Waals surface area contributed by atoms with Crippen LogP contribution in [0, 0.1) is 0 Å². The molecule has 2 aromatic carbocycles. The van der Waals surface area contributed by atoms with Crippen LogP contribution in [0.1, 0.15) is 27.2 Å². The highest BCUT2D eigenvalue weighted by atomic mass is 19.4. The average molecular weight is 414 g/mol. The Morgan fingerprint density at radius 2 is 1.67 bits per heavy atom. The third kappa shape index (κ3) is 5.84. The standard InChI is InChI=1S/C22H17F3N2O3/c23-22(24,25)17-8-3-15(4-9-17)7-12-20(28)26-14-16-5-10-18(11-6-16)27-21(29)19-2-1-13-30-19/h1-13H,14H2,(H,26,28)(H,27,29)/b12-7+. The number of carbonyl (C=O) groups excluding carboxylic acids is 2. The second kappa shape index (κ2) is 9.13. The molecule has 2 amide bonds. The predicted octanol–water partition coefficient (Wildman–Crippen LogP) is 4.88. The van der Waals surface area contributed by atoms with E-state index in [0.29, 0.717) is 11.3 Å². The van der Waals surface area contributed by atoms with Crippen LogP contribution in [0.15, 0.2) is 77.4 Å². The summed E-state index contributed by atoms with van der Waals surface area (Å²) in [6, 6.07) is 14.6. The van der Waals surface area contributed by atoms with Crippen molar-refractivity contribution in [3.05, 3.63) is 95.5 Å². The van der Waals surface area contributed by atoms with E-state index in [1.54, 1.807) is 36.4 Å². The van der Waals surface area contributed by atoms with Crippen molar-refractivity contribution >= 4 is 23.6 Å². The van der Waals surface area contributed by atoms with Crippen LogP contribution in [-0.4, -0.2) is 11.8 Å². The highest BCUT2D eigenvalue weighted by Crippen LogP contribution is 2.29. The molecule has 0 unspecified atom stereocenters. The molecule has 30 heavy (non-hydrogen) atoms. The number of hydrogen-bond acceptors (Lipinski definition) is 3. The summed E-state index contributed by atoms with van der Waals surface area (Å²) in [7, 11) is 0. The van der Waals surface area contributed by atoms with Crippen LogP contribution < -0.4 is 10.6 Å². The monoisotopic (exact) mass is 414 g/mol. The Morgan fingerprint density at radius 1 is 0.967 bits per heavy atom. The Hall–Kier alpha value is -3.81. The topological polar surface area (TPSA) is 71.3 Å². The first kappa shape index (κ1) is 20.9. The van der Waals surface area contributed by atoms with E-state index in [1.165, 1.54) is 30.5 Å². The number of carbonyl (C=O) groups is 2. The van der Waals surface area contributed by atoms with Crippen molar-refractivity contribution in [2.75, 3.05) is 5.32 Å². The number of halogens is 3. The molecule has 0 atom stereocenters. The fourth-order valence-electron chi connectivity index (χ4n) is 2.51. The molecule has 0 saturated heterocycles. The third-order valence-corrected chi connectivity index (χ3v) is 4.09. The Bertz CT molecular complexity index is 1020. The van der Waals surface area contributed by atoms with Crippen LogP contribution in [0.4, 0.5) is 18.9 Å². The molecule has 1 aromatic heterocycles. The van der Waals surface area contributed by atoms with E-state index < -0.39 is 11.7 Å². The lowest BCUT2D eigenvalue weighted by Crippen LogP contribution is -2.20. The molecule has 0 aliphatic rings. The van der Waals surface area contributed by atoms with Crippen LogP contribution in [0.5, 0.6) is 0 Å². The minimum Gasteiger partial charge on any atom is -0.459 e. The number of amides is 2. The van der Waals surface area contributed by atoms with Gasteiger partial charge in [0.25, 0.3) is 5.91 Å². The number of anilines is 1. The fourth-order valence-corrected chi connectivity index (χ4v) is 2.51. The van der Waals surface area contributed by atoms with Gasteiger partial charge in [-0.1, -0.05) is 24.3 Å². The zero-order valence-electron chi connectivity index (χ0n) is 15.6. The maximum Gasteiger partial charge on any atom is 0.416 e. The molecule has 0 saturated carbocycles. The van der Waals surface area contributed by atoms with E-state index in [1.807, 2.05) is 0 Å². The van der Waals surface area contributed by atoms with Crippen molar-refractivity contribution in [3.63, 3.8) is 0 Å². The lowest BCUT2D eigenvalue weighted by molar-refractivity contribution is -0.137. The molecule has 2 N–H and O–H groups in total. The lowest BCUT2D eigenvalue weighted by Gasteiger charge is -2.06. The van der Waals surface area contributed by atoms with Crippen molar-refractivity contribution in [3.8, 4) is 0 Å². The highest BCUT2D eigenvalue weighted by molar-refractivity contribution is 6.02. The van der Waals surface area contributed by atoms with Crippen molar-refractivity contribution in [1.29, 1.82) is 0 Å². The average Bonchev–Trinajstić information content (AvgIpc) is 3.26. The first-order chi connectivity index (χ1) is 14.3. The first-order valence-corrected chi connectivity index (χ1v) is 8.88. The normalized spacial score (nSPS) is 11.4. The summed E-state index contributed by atoms with van der Waals surface area (Å²) >= 11 is 0. The Labute approximate surface area is 170 Å². The molecule has 3 rings (SSSR count). The Morgan fingerprint density at radius 3 is 2.27 bits per heavy atom. The van der Waals surface area contributed by atoms with Crippen molar-refractivity contribution < 1.29 is 27.2 Å². The van der Waals surface area contributed by atoms with Crippen LogP contribution in [0.25, 0.3) is 6.08 Å². The highest BCUT2D eigenvalue weighted by Gasteiger charge is 2.29. The number of nitrogens with one attached hydrogen (secondary N) is 2. The van der Waals surface area contributed by atoms with E-state index in [9.17, 15) is 22.8 Å². The zero-order chi connectivity index (χ0) is 21.6. The second-order valence-corrected chi connectivity index (χ2v) is 6.30. The number of furan rings is 1. The molecular formula is C22H17F3N2O3. The van der Waals surface area contributed by atoms with Crippen LogP contribution >= 0.6 is 0 Å². The molecule has 1 heterocycles. The summed E-state index contributed by atoms with van der Waals surface area (Å²) in [4.78, 5) is 23.8. The van der Waals surface area contributed by atoms with E-state index in [4.69, 9.17) is 4.42 Å². The van der Waals surface area contributed by atoms with E-state index in [0.717, 1.165) is 17.7 Å². The van der Waals surface area contributed by atoms with Gasteiger partial charge in [-0.25, -0.2) is 0 Å². The summed E-state index contributed by atoms with van der Waals surface area (Å²) < 4.78 is 42.6. The van der Waals surface area contributed by atoms with E-state index >= 15 is 0 Å². The van der Waals surface area contributed by atoms with Crippen molar-refractivity contribution in [2.24, 2.45) is 0 Å². The minimum absolute atomic E-state index is 0.200. The van der Waals surface area contributed by atoms with Gasteiger partial charge >= 0.3 is 6.18 Å². The van der Waals surface area contributed by atoms with Gasteiger partial charge in [-0.3, -0.25) is 9.59 Å². The van der Waals surface area contributed by atoms with Gasteiger partial charge in [0.15, 0.2) is 5.76 Å². The molecule has 0 bridgehead atoms. The van der Waals surface area contributed by atoms with Crippen molar-refractivity contribution in [1.82, 2.24) is 5.32 Å². The van der Waals surface area contributed by atoms with Gasteiger partial charge in [0, 0.05) is 18.3 Å². The number of hydrogen-bond donors (Lipinski definition) is 2. The molecule has 0 aliphatic carbocycles. The quantitative estimate of drug-likeness (QED) is 0.565. The molecule has 0 spiro atoms. The maximum atomic E-state index is 12.5. The molecule has 0 fully saturated rings. The van der Waals surface area contributed by atoms with E-state index in [-0.39, 0.29) is 24.1 Å². The second-order valence-electron chi connectivity index (χ2n) is 6.30. The number of alkyl halides is 3. The molecule has 0 aliphatic heterocycles. The van der Waals surface area contributed by atoms with Crippen LogP contribution in [0.2, 0.25) is 0 Å². The zero-order valence-corrected chi connectivity index (χ0v) is 15.6. The summed E-state index contributed by atoms with van der Waals surface area (Å²) in [5, 5.41) is 5.37. The van der Waals surface area contributed by atoms with Gasteiger partial charge in [-0.2, -0.15) is 13.2 Å². The smallest absolute Gasteiger partial charge is 0.416 e. The fraction of sp³-hybridized carbons (Fsp3) is 0.0909. The van der Waals surface area contributed by atoms with Gasteiger partial charge in [0.05, 0.1) is 11.8 Å². The van der Waals surface area contributed by atoms with Gasteiger partial charge in [-0.05, 0) is 53.6 Å². The third-order valence-electron chi connectivity index (χ3n) is 4.09. The Balaban J connectivity index is 1.48. The van der Waals surface area contributed by atoms with Gasteiger partial charge in [0.2, 0.25) is 5.91 Å². The van der Waals surface area contributed by atoms with Crippen LogP contribution in [0.3, 0.4) is 0 Å². The largest absolute Gasteiger partial charge is 0.459 e.